The molecule has 1 rings (SSSR count). The first-order valence-electron chi connectivity index (χ1n) is 6.82. The Labute approximate surface area is 121 Å². The normalized spacial score (nSPS) is 13.3. The first-order chi connectivity index (χ1) is 8.69. The number of rotatable bonds is 6. The maximum atomic E-state index is 10.7. The minimum Gasteiger partial charge on any atom is -0.435 e. The SMILES string of the molecule is C[SiH](C)O[Si](O[SiH](C)C)(c1ccccc1)C(C)(C)O. The predicted octanol–water partition coefficient (Wildman–Crippen LogP) is 1.65. The molecule has 0 aliphatic heterocycles. The molecule has 0 saturated carbocycles. The molecule has 1 N–H and O–H groups in total. The van der Waals surface area contributed by atoms with Gasteiger partial charge in [0.2, 0.25) is 0 Å². The monoisotopic (exact) mass is 314 g/mol. The quantitative estimate of drug-likeness (QED) is 0.812. The van der Waals surface area contributed by atoms with Crippen molar-refractivity contribution >= 4 is 31.8 Å². The molecule has 0 radical (unpaired) electrons. The van der Waals surface area contributed by atoms with Crippen LogP contribution in [0.25, 0.3) is 0 Å². The van der Waals surface area contributed by atoms with E-state index in [1.807, 2.05) is 44.2 Å². The second-order valence-corrected chi connectivity index (χ2v) is 15.0. The average molecular weight is 315 g/mol. The van der Waals surface area contributed by atoms with Crippen molar-refractivity contribution in [3.8, 4) is 0 Å². The molecule has 108 valence electrons. The van der Waals surface area contributed by atoms with Crippen LogP contribution in [0.15, 0.2) is 30.3 Å². The Bertz CT molecular complexity index is 378. The fourth-order valence-electron chi connectivity index (χ4n) is 2.13. The van der Waals surface area contributed by atoms with E-state index in [0.29, 0.717) is 0 Å². The fraction of sp³-hybridized carbons (Fsp3) is 0.538. The summed E-state index contributed by atoms with van der Waals surface area (Å²) < 4.78 is 12.7. The van der Waals surface area contributed by atoms with E-state index in [4.69, 9.17) is 8.23 Å². The third kappa shape index (κ3) is 4.11. The smallest absolute Gasteiger partial charge is 0.383 e. The molecule has 6 heteroatoms. The Morgan fingerprint density at radius 3 is 1.68 bits per heavy atom. The van der Waals surface area contributed by atoms with Crippen LogP contribution in [0.2, 0.25) is 26.2 Å². The standard InChI is InChI=1S/C13H26O3Si3/c1-13(2,14)19(15-17(3)4,16-18(5)6)12-10-8-7-9-11-12/h7-11,14,17-18H,1-6H3. The third-order valence-corrected chi connectivity index (χ3v) is 11.9. The number of hydrogen-bond acceptors (Lipinski definition) is 3. The van der Waals surface area contributed by atoms with Gasteiger partial charge in [0.05, 0.1) is 0 Å². The molecule has 1 aromatic carbocycles. The largest absolute Gasteiger partial charge is 0.435 e. The summed E-state index contributed by atoms with van der Waals surface area (Å²) in [5, 5.41) is 10.8. The van der Waals surface area contributed by atoms with E-state index < -0.39 is 31.9 Å². The van der Waals surface area contributed by atoms with Crippen molar-refractivity contribution in [3.05, 3.63) is 30.3 Å². The van der Waals surface area contributed by atoms with Crippen molar-refractivity contribution in [2.24, 2.45) is 0 Å². The van der Waals surface area contributed by atoms with Crippen molar-refractivity contribution in [2.45, 2.75) is 45.3 Å². The van der Waals surface area contributed by atoms with Gasteiger partial charge in [-0.05, 0) is 45.2 Å². The van der Waals surface area contributed by atoms with Crippen LogP contribution >= 0.6 is 0 Å². The van der Waals surface area contributed by atoms with Gasteiger partial charge in [-0.2, -0.15) is 0 Å². The maximum Gasteiger partial charge on any atom is 0.383 e. The Morgan fingerprint density at radius 2 is 1.37 bits per heavy atom. The molecule has 19 heavy (non-hydrogen) atoms. The predicted molar refractivity (Wildman–Crippen MR) is 88.1 cm³/mol. The molecule has 0 bridgehead atoms. The lowest BCUT2D eigenvalue weighted by molar-refractivity contribution is 0.116. The minimum absolute atomic E-state index is 0.955. The molecule has 0 heterocycles. The van der Waals surface area contributed by atoms with Gasteiger partial charge in [-0.25, -0.2) is 0 Å². The Hall–Kier alpha value is -0.249. The van der Waals surface area contributed by atoms with E-state index in [-0.39, 0.29) is 0 Å². The molecule has 0 fully saturated rings. The molecule has 0 spiro atoms. The molecule has 0 unspecified atom stereocenters. The van der Waals surface area contributed by atoms with Crippen LogP contribution in [0, 0.1) is 0 Å². The summed E-state index contributed by atoms with van der Waals surface area (Å²) in [6.45, 7) is 12.1. The van der Waals surface area contributed by atoms with Gasteiger partial charge in [-0.3, -0.25) is 0 Å². The molecule has 0 saturated heterocycles. The van der Waals surface area contributed by atoms with Crippen LogP contribution in [0.1, 0.15) is 13.8 Å². The van der Waals surface area contributed by atoms with Gasteiger partial charge in [-0.15, -0.1) is 0 Å². The van der Waals surface area contributed by atoms with E-state index >= 15 is 0 Å². The topological polar surface area (TPSA) is 38.7 Å². The van der Waals surface area contributed by atoms with Crippen molar-refractivity contribution in [3.63, 3.8) is 0 Å². The summed E-state index contributed by atoms with van der Waals surface area (Å²) in [4.78, 5) is 0. The third-order valence-electron chi connectivity index (χ3n) is 2.76. The van der Waals surface area contributed by atoms with Gasteiger partial charge < -0.3 is 13.3 Å². The van der Waals surface area contributed by atoms with Gasteiger partial charge in [0.1, 0.15) is 5.22 Å². The van der Waals surface area contributed by atoms with Crippen molar-refractivity contribution < 1.29 is 13.3 Å². The van der Waals surface area contributed by atoms with Crippen LogP contribution in [0.3, 0.4) is 0 Å². The van der Waals surface area contributed by atoms with Crippen LogP contribution in [-0.2, 0) is 8.23 Å². The molecule has 0 amide bonds. The summed E-state index contributed by atoms with van der Waals surface area (Å²) in [5.74, 6) is 0. The number of benzene rings is 1. The highest BCUT2D eigenvalue weighted by Gasteiger charge is 2.53. The summed E-state index contributed by atoms with van der Waals surface area (Å²) in [7, 11) is -5.47. The molecule has 0 aliphatic rings. The van der Waals surface area contributed by atoms with E-state index in [0.717, 1.165) is 5.19 Å². The highest BCUT2D eigenvalue weighted by atomic mass is 28.5. The van der Waals surface area contributed by atoms with Gasteiger partial charge in [0.15, 0.2) is 18.1 Å². The lowest BCUT2D eigenvalue weighted by Gasteiger charge is -2.42. The summed E-state index contributed by atoms with van der Waals surface area (Å²) in [6, 6.07) is 10.0. The van der Waals surface area contributed by atoms with Gasteiger partial charge >= 0.3 is 8.56 Å². The molecule has 0 aromatic heterocycles. The second-order valence-electron chi connectivity index (χ2n) is 5.87. The highest BCUT2D eigenvalue weighted by Crippen LogP contribution is 2.25. The first kappa shape index (κ1) is 16.8. The van der Waals surface area contributed by atoms with Crippen molar-refractivity contribution in [2.75, 3.05) is 0 Å². The zero-order valence-electron chi connectivity index (χ0n) is 12.8. The Kier molecular flexibility index (Phi) is 5.72. The molecule has 1 aromatic rings. The van der Waals surface area contributed by atoms with Crippen LogP contribution in [-0.4, -0.2) is 37.0 Å². The van der Waals surface area contributed by atoms with E-state index in [9.17, 15) is 5.11 Å². The van der Waals surface area contributed by atoms with Gasteiger partial charge in [0, 0.05) is 0 Å². The zero-order valence-corrected chi connectivity index (χ0v) is 16.1. The van der Waals surface area contributed by atoms with Crippen molar-refractivity contribution in [1.29, 1.82) is 0 Å². The van der Waals surface area contributed by atoms with E-state index in [1.54, 1.807) is 0 Å². The summed E-state index contributed by atoms with van der Waals surface area (Å²) in [6.07, 6.45) is 0. The molecule has 0 atom stereocenters. The Morgan fingerprint density at radius 1 is 0.947 bits per heavy atom. The van der Waals surface area contributed by atoms with Gasteiger partial charge in [0.25, 0.3) is 0 Å². The molecule has 0 aliphatic carbocycles. The maximum absolute atomic E-state index is 10.7. The first-order valence-corrected chi connectivity index (χ1v) is 14.2. The Balaban J connectivity index is 3.34. The fourth-order valence-corrected chi connectivity index (χ4v) is 12.9. The number of hydrogen-bond donors (Lipinski definition) is 1. The number of aliphatic hydroxyl groups is 1. The lowest BCUT2D eigenvalue weighted by atomic mass is 10.4. The second kappa shape index (κ2) is 6.47. The molecular weight excluding hydrogens is 288 g/mol. The van der Waals surface area contributed by atoms with Crippen molar-refractivity contribution in [1.82, 2.24) is 0 Å². The minimum atomic E-state index is -2.82. The van der Waals surface area contributed by atoms with Crippen LogP contribution in [0.5, 0.6) is 0 Å². The van der Waals surface area contributed by atoms with E-state index in [1.165, 1.54) is 0 Å². The molecule has 3 nitrogen and oxygen atoms in total. The summed E-state index contributed by atoms with van der Waals surface area (Å²) >= 11 is 0. The lowest BCUT2D eigenvalue weighted by Crippen LogP contribution is -2.70. The zero-order chi connectivity index (χ0) is 14.7. The van der Waals surface area contributed by atoms with Crippen LogP contribution in [0.4, 0.5) is 0 Å². The van der Waals surface area contributed by atoms with E-state index in [2.05, 4.69) is 26.2 Å². The highest BCUT2D eigenvalue weighted by molar-refractivity contribution is 6.91. The molecular formula is C13H26O3Si3. The van der Waals surface area contributed by atoms with Gasteiger partial charge in [-0.1, -0.05) is 30.3 Å². The van der Waals surface area contributed by atoms with Crippen LogP contribution < -0.4 is 5.19 Å². The summed E-state index contributed by atoms with van der Waals surface area (Å²) in [5.41, 5.74) is 0. The average Bonchev–Trinajstić information content (AvgIpc) is 2.26.